The minimum absolute atomic E-state index is 0.217. The Kier molecular flexibility index (Phi) is 5.30. The Hall–Kier alpha value is -3.68. The largest absolute Gasteiger partial charge is 0.491 e. The van der Waals surface area contributed by atoms with Crippen molar-refractivity contribution in [1.82, 2.24) is 24.4 Å². The summed E-state index contributed by atoms with van der Waals surface area (Å²) < 4.78 is 7.87. The number of aromatic nitrogens is 3. The molecule has 0 aliphatic carbocycles. The molecule has 1 amide bonds. The van der Waals surface area contributed by atoms with Gasteiger partial charge < -0.3 is 19.6 Å². The Morgan fingerprint density at radius 3 is 2.70 bits per heavy atom. The van der Waals surface area contributed by atoms with E-state index in [1.807, 2.05) is 35.5 Å². The molecule has 190 valence electrons. The van der Waals surface area contributed by atoms with Gasteiger partial charge in [0, 0.05) is 49.0 Å². The molecule has 5 fully saturated rings. The molecule has 1 N–H and O–H groups in total. The minimum atomic E-state index is -0.217. The third-order valence-corrected chi connectivity index (χ3v) is 8.73. The molecule has 8 heterocycles. The number of hydrogen-bond acceptors (Lipinski definition) is 8. The fourth-order valence-electron chi connectivity index (χ4n) is 6.89. The molecule has 5 unspecified atom stereocenters. The van der Waals surface area contributed by atoms with Crippen molar-refractivity contribution in [1.29, 1.82) is 5.26 Å². The van der Waals surface area contributed by atoms with Crippen molar-refractivity contribution in [3.05, 3.63) is 42.4 Å². The highest BCUT2D eigenvalue weighted by Gasteiger charge is 2.45. The van der Waals surface area contributed by atoms with Crippen LogP contribution in [0.4, 0.5) is 5.82 Å². The number of nitrogens with zero attached hydrogens (tertiary/aromatic N) is 7. The number of piperazine rings is 1. The number of aliphatic hydroxyl groups is 1. The molecule has 0 radical (unpaired) electrons. The SMILES string of the molecule is N#Cc1cnn2cc(OCCN3C4CCC3C(O)C4)cc(-c3ccc(N4CC5CC(C4)N5C=O)nc3)c12. The highest BCUT2D eigenvalue weighted by molar-refractivity contribution is 5.85. The lowest BCUT2D eigenvalue weighted by molar-refractivity contribution is -0.131. The third-order valence-electron chi connectivity index (χ3n) is 8.73. The minimum Gasteiger partial charge on any atom is -0.491 e. The third kappa shape index (κ3) is 3.64. The molecule has 5 saturated heterocycles. The molecule has 0 aromatic carbocycles. The fraction of sp³-hybridized carbons (Fsp3) is 0.481. The Bertz CT molecular complexity index is 1370. The van der Waals surface area contributed by atoms with Gasteiger partial charge in [0.2, 0.25) is 6.41 Å². The van der Waals surface area contributed by atoms with Gasteiger partial charge in [-0.25, -0.2) is 9.50 Å². The van der Waals surface area contributed by atoms with Gasteiger partial charge in [0.1, 0.15) is 24.2 Å². The molecule has 8 rings (SSSR count). The van der Waals surface area contributed by atoms with Gasteiger partial charge in [-0.2, -0.15) is 10.4 Å². The van der Waals surface area contributed by atoms with Crippen molar-refractivity contribution < 1.29 is 14.6 Å². The number of pyridine rings is 2. The Morgan fingerprint density at radius 2 is 2.03 bits per heavy atom. The van der Waals surface area contributed by atoms with E-state index in [9.17, 15) is 15.2 Å². The van der Waals surface area contributed by atoms with Crippen molar-refractivity contribution in [2.24, 2.45) is 0 Å². The standard InChI is InChI=1S/C27H29N7O3/c28-10-18-12-30-34-15-22(37-6-5-32-19-2-3-24(32)25(36)8-19)9-23(27(18)34)17-1-4-26(29-11-17)31-13-20-7-21(14-31)33(20)16-35/h1,4,9,11-12,15-16,19-21,24-25,36H,2-3,5-8,13-14H2. The van der Waals surface area contributed by atoms with E-state index in [4.69, 9.17) is 9.72 Å². The van der Waals surface area contributed by atoms with Crippen LogP contribution in [0.5, 0.6) is 5.75 Å². The molecular formula is C27H29N7O3. The summed E-state index contributed by atoms with van der Waals surface area (Å²) in [6, 6.07) is 9.50. The van der Waals surface area contributed by atoms with E-state index < -0.39 is 0 Å². The van der Waals surface area contributed by atoms with E-state index in [-0.39, 0.29) is 24.2 Å². The second-order valence-corrected chi connectivity index (χ2v) is 10.6. The first-order valence-corrected chi connectivity index (χ1v) is 13.0. The van der Waals surface area contributed by atoms with E-state index in [2.05, 4.69) is 21.0 Å². The van der Waals surface area contributed by atoms with E-state index in [1.165, 1.54) is 0 Å². The Balaban J connectivity index is 1.12. The lowest BCUT2D eigenvalue weighted by Gasteiger charge is -2.55. The van der Waals surface area contributed by atoms with Crippen LogP contribution in [-0.4, -0.2) is 92.4 Å². The summed E-state index contributed by atoms with van der Waals surface area (Å²) in [7, 11) is 0. The average molecular weight is 500 g/mol. The quantitative estimate of drug-likeness (QED) is 0.489. The van der Waals surface area contributed by atoms with E-state index in [1.54, 1.807) is 10.7 Å². The zero-order valence-electron chi connectivity index (χ0n) is 20.5. The number of aliphatic hydroxyl groups excluding tert-OH is 1. The topological polar surface area (TPSA) is 110 Å². The predicted octanol–water partition coefficient (Wildman–Crippen LogP) is 1.66. The van der Waals surface area contributed by atoms with Crippen molar-refractivity contribution in [2.75, 3.05) is 31.1 Å². The van der Waals surface area contributed by atoms with Gasteiger partial charge in [-0.05, 0) is 43.9 Å². The van der Waals surface area contributed by atoms with Crippen LogP contribution in [0.15, 0.2) is 36.8 Å². The smallest absolute Gasteiger partial charge is 0.210 e. The van der Waals surface area contributed by atoms with Gasteiger partial charge in [0.05, 0.1) is 41.7 Å². The van der Waals surface area contributed by atoms with Crippen molar-refractivity contribution in [2.45, 2.75) is 56.0 Å². The molecule has 5 aliphatic heterocycles. The van der Waals surface area contributed by atoms with Gasteiger partial charge in [0.15, 0.2) is 0 Å². The van der Waals surface area contributed by atoms with Crippen LogP contribution in [0.1, 0.15) is 31.2 Å². The Labute approximate surface area is 214 Å². The normalized spacial score (nSPS) is 28.4. The second kappa shape index (κ2) is 8.71. The van der Waals surface area contributed by atoms with Crippen molar-refractivity contribution in [3.63, 3.8) is 0 Å². The van der Waals surface area contributed by atoms with Crippen LogP contribution in [0, 0.1) is 11.3 Å². The summed E-state index contributed by atoms with van der Waals surface area (Å²) in [5.74, 6) is 1.57. The maximum absolute atomic E-state index is 11.2. The van der Waals surface area contributed by atoms with Gasteiger partial charge >= 0.3 is 0 Å². The number of hydrogen-bond donors (Lipinski definition) is 1. The molecule has 5 atom stereocenters. The maximum Gasteiger partial charge on any atom is 0.210 e. The van der Waals surface area contributed by atoms with Crippen molar-refractivity contribution in [3.8, 4) is 22.9 Å². The number of nitriles is 1. The Morgan fingerprint density at radius 1 is 1.16 bits per heavy atom. The van der Waals surface area contributed by atoms with Crippen LogP contribution in [0.2, 0.25) is 0 Å². The first-order valence-electron chi connectivity index (χ1n) is 13.0. The zero-order chi connectivity index (χ0) is 25.1. The van der Waals surface area contributed by atoms with Crippen LogP contribution in [-0.2, 0) is 4.79 Å². The summed E-state index contributed by atoms with van der Waals surface area (Å²) in [6.45, 7) is 2.89. The fourth-order valence-corrected chi connectivity index (χ4v) is 6.89. The molecule has 37 heavy (non-hydrogen) atoms. The number of carbonyl (C=O) groups is 1. The van der Waals surface area contributed by atoms with Gasteiger partial charge in [-0.3, -0.25) is 9.69 Å². The van der Waals surface area contributed by atoms with Crippen LogP contribution in [0.3, 0.4) is 0 Å². The highest BCUT2D eigenvalue weighted by atomic mass is 16.5. The highest BCUT2D eigenvalue weighted by Crippen LogP contribution is 2.38. The number of fused-ring (bicyclic) bond motifs is 5. The molecule has 3 aromatic heterocycles. The second-order valence-electron chi connectivity index (χ2n) is 10.6. The number of ether oxygens (including phenoxy) is 1. The first kappa shape index (κ1) is 22.5. The van der Waals surface area contributed by atoms with E-state index in [0.717, 1.165) is 74.2 Å². The summed E-state index contributed by atoms with van der Waals surface area (Å²) in [5.41, 5.74) is 2.95. The summed E-state index contributed by atoms with van der Waals surface area (Å²) >= 11 is 0. The first-order chi connectivity index (χ1) is 18.1. The van der Waals surface area contributed by atoms with Crippen LogP contribution in [0.25, 0.3) is 16.6 Å². The van der Waals surface area contributed by atoms with Gasteiger partial charge in [0.25, 0.3) is 0 Å². The molecule has 0 spiro atoms. The molecule has 10 heteroatoms. The summed E-state index contributed by atoms with van der Waals surface area (Å²) in [6.07, 6.45) is 10.1. The molecular weight excluding hydrogens is 470 g/mol. The van der Waals surface area contributed by atoms with E-state index in [0.29, 0.717) is 24.0 Å². The molecule has 3 aromatic rings. The molecule has 10 nitrogen and oxygen atoms in total. The number of rotatable bonds is 7. The lowest BCUT2D eigenvalue weighted by atomic mass is 9.88. The zero-order valence-corrected chi connectivity index (χ0v) is 20.5. The average Bonchev–Trinajstić information content (AvgIpc) is 3.60. The maximum atomic E-state index is 11.2. The number of carbonyl (C=O) groups excluding carboxylic acids is 1. The monoisotopic (exact) mass is 499 g/mol. The molecule has 5 aliphatic rings. The van der Waals surface area contributed by atoms with Gasteiger partial charge in [-0.15, -0.1) is 0 Å². The van der Waals surface area contributed by atoms with Crippen LogP contribution >= 0.6 is 0 Å². The number of amides is 1. The summed E-state index contributed by atoms with van der Waals surface area (Å²) in [5, 5.41) is 24.3. The summed E-state index contributed by atoms with van der Waals surface area (Å²) in [4.78, 5) is 22.5. The van der Waals surface area contributed by atoms with Crippen molar-refractivity contribution >= 4 is 17.7 Å². The van der Waals surface area contributed by atoms with Gasteiger partial charge in [-0.1, -0.05) is 0 Å². The van der Waals surface area contributed by atoms with Crippen LogP contribution < -0.4 is 9.64 Å². The number of piperidine rings is 1. The van der Waals surface area contributed by atoms with E-state index >= 15 is 0 Å². The molecule has 4 bridgehead atoms. The number of anilines is 1. The predicted molar refractivity (Wildman–Crippen MR) is 135 cm³/mol. The lowest BCUT2D eigenvalue weighted by Crippen LogP contribution is -2.68. The molecule has 0 saturated carbocycles.